The summed E-state index contributed by atoms with van der Waals surface area (Å²) < 4.78 is 1.17. The van der Waals surface area contributed by atoms with Crippen molar-refractivity contribution in [3.63, 3.8) is 0 Å². The molecule has 0 aliphatic carbocycles. The fourth-order valence-corrected chi connectivity index (χ4v) is 4.70. The fourth-order valence-electron chi connectivity index (χ4n) is 3.05. The molecule has 1 aliphatic rings. The van der Waals surface area contributed by atoms with Crippen molar-refractivity contribution in [2.45, 2.75) is 44.3 Å². The lowest BCUT2D eigenvalue weighted by Gasteiger charge is -2.41. The Morgan fingerprint density at radius 3 is 2.55 bits per heavy atom. The zero-order valence-electron chi connectivity index (χ0n) is 12.7. The van der Waals surface area contributed by atoms with Gasteiger partial charge in [-0.15, -0.1) is 11.3 Å². The highest BCUT2D eigenvalue weighted by atomic mass is 79.9. The Hall–Kier alpha value is 0.0600. The van der Waals surface area contributed by atoms with Gasteiger partial charge in [-0.3, -0.25) is 4.90 Å². The molecule has 2 heterocycles. The highest BCUT2D eigenvalue weighted by Gasteiger charge is 2.30. The van der Waals surface area contributed by atoms with Gasteiger partial charge in [0.25, 0.3) is 0 Å². The summed E-state index contributed by atoms with van der Waals surface area (Å²) in [5, 5.41) is 2.16. The highest BCUT2D eigenvalue weighted by molar-refractivity contribution is 9.10. The van der Waals surface area contributed by atoms with Crippen molar-refractivity contribution in [1.82, 2.24) is 9.80 Å². The molecule has 1 saturated heterocycles. The summed E-state index contributed by atoms with van der Waals surface area (Å²) in [7, 11) is 4.37. The van der Waals surface area contributed by atoms with E-state index in [-0.39, 0.29) is 6.04 Å². The average Bonchev–Trinajstić information content (AvgIpc) is 2.85. The predicted octanol–water partition coefficient (Wildman–Crippen LogP) is 3.32. The second-order valence-corrected chi connectivity index (χ2v) is 7.77. The molecule has 2 N–H and O–H groups in total. The Morgan fingerprint density at radius 2 is 2.10 bits per heavy atom. The molecule has 2 atom stereocenters. The second kappa shape index (κ2) is 7.36. The molecule has 0 bridgehead atoms. The van der Waals surface area contributed by atoms with E-state index < -0.39 is 0 Å². The van der Waals surface area contributed by atoms with Crippen LogP contribution < -0.4 is 5.73 Å². The molecular weight excluding hydrogens is 334 g/mol. The van der Waals surface area contributed by atoms with Crippen molar-refractivity contribution in [2.24, 2.45) is 5.73 Å². The Balaban J connectivity index is 2.09. The zero-order chi connectivity index (χ0) is 14.7. The number of rotatable bonds is 5. The molecule has 114 valence electrons. The van der Waals surface area contributed by atoms with E-state index in [9.17, 15) is 0 Å². The Labute approximate surface area is 135 Å². The van der Waals surface area contributed by atoms with Crippen molar-refractivity contribution < 1.29 is 0 Å². The number of hydrogen-bond acceptors (Lipinski definition) is 4. The maximum Gasteiger partial charge on any atom is 0.0593 e. The van der Waals surface area contributed by atoms with Gasteiger partial charge < -0.3 is 10.6 Å². The van der Waals surface area contributed by atoms with E-state index in [2.05, 4.69) is 58.2 Å². The second-order valence-electron chi connectivity index (χ2n) is 5.91. The van der Waals surface area contributed by atoms with E-state index in [4.69, 9.17) is 5.73 Å². The van der Waals surface area contributed by atoms with Gasteiger partial charge in [0.15, 0.2) is 0 Å². The summed E-state index contributed by atoms with van der Waals surface area (Å²) >= 11 is 5.39. The lowest BCUT2D eigenvalue weighted by molar-refractivity contribution is 0.0963. The van der Waals surface area contributed by atoms with Crippen molar-refractivity contribution in [2.75, 3.05) is 27.2 Å². The standard InChI is InChI=1S/C15H26BrN3S/c1-4-13(17)15(14-9-11(16)10-20-14)19-7-5-12(6-8-19)18(2)3/h9-10,12-13,15H,4-8,17H2,1-3H3. The van der Waals surface area contributed by atoms with E-state index in [1.54, 1.807) is 0 Å². The first kappa shape index (κ1) is 16.4. The molecule has 1 aromatic rings. The molecule has 0 aromatic carbocycles. The number of thiophene rings is 1. The molecule has 20 heavy (non-hydrogen) atoms. The summed E-state index contributed by atoms with van der Waals surface area (Å²) in [5.41, 5.74) is 6.42. The van der Waals surface area contributed by atoms with E-state index in [1.807, 2.05) is 11.3 Å². The van der Waals surface area contributed by atoms with Crippen LogP contribution in [-0.2, 0) is 0 Å². The SMILES string of the molecule is CCC(N)C(c1cc(Br)cs1)N1CCC(N(C)C)CC1. The summed E-state index contributed by atoms with van der Waals surface area (Å²) in [6, 6.07) is 3.55. The van der Waals surface area contributed by atoms with Gasteiger partial charge in [0.2, 0.25) is 0 Å². The lowest BCUT2D eigenvalue weighted by atomic mass is 9.97. The van der Waals surface area contributed by atoms with Crippen LogP contribution in [0.3, 0.4) is 0 Å². The third kappa shape index (κ3) is 3.83. The largest absolute Gasteiger partial charge is 0.326 e. The minimum absolute atomic E-state index is 0.219. The van der Waals surface area contributed by atoms with Crippen LogP contribution in [0.5, 0.6) is 0 Å². The quantitative estimate of drug-likeness (QED) is 0.874. The van der Waals surface area contributed by atoms with Gasteiger partial charge in [0.1, 0.15) is 0 Å². The molecular formula is C15H26BrN3S. The first-order valence-electron chi connectivity index (χ1n) is 7.43. The summed E-state index contributed by atoms with van der Waals surface area (Å²) in [4.78, 5) is 6.34. The van der Waals surface area contributed by atoms with Crippen LogP contribution in [0.2, 0.25) is 0 Å². The zero-order valence-corrected chi connectivity index (χ0v) is 15.1. The minimum atomic E-state index is 0.219. The van der Waals surface area contributed by atoms with Crippen molar-refractivity contribution in [1.29, 1.82) is 0 Å². The molecule has 1 aliphatic heterocycles. The number of hydrogen-bond donors (Lipinski definition) is 1. The minimum Gasteiger partial charge on any atom is -0.326 e. The Morgan fingerprint density at radius 1 is 1.45 bits per heavy atom. The van der Waals surface area contributed by atoms with Gasteiger partial charge >= 0.3 is 0 Å². The third-order valence-corrected chi connectivity index (χ3v) is 6.14. The summed E-state index contributed by atoms with van der Waals surface area (Å²) in [6.45, 7) is 4.49. The van der Waals surface area contributed by atoms with Gasteiger partial charge in [-0.05, 0) is 55.4 Å². The molecule has 1 aromatic heterocycles. The molecule has 5 heteroatoms. The van der Waals surface area contributed by atoms with Gasteiger partial charge in [-0.1, -0.05) is 6.92 Å². The molecule has 1 fully saturated rings. The van der Waals surface area contributed by atoms with Crippen LogP contribution >= 0.6 is 27.3 Å². The summed E-state index contributed by atoms with van der Waals surface area (Å²) in [5.74, 6) is 0. The van der Waals surface area contributed by atoms with Crippen molar-refractivity contribution in [3.8, 4) is 0 Å². The van der Waals surface area contributed by atoms with Crippen molar-refractivity contribution in [3.05, 3.63) is 20.8 Å². The van der Waals surface area contributed by atoms with Crippen LogP contribution in [0.15, 0.2) is 15.9 Å². The predicted molar refractivity (Wildman–Crippen MR) is 91.3 cm³/mol. The molecule has 0 radical (unpaired) electrons. The van der Waals surface area contributed by atoms with Crippen LogP contribution in [0.25, 0.3) is 0 Å². The number of nitrogens with zero attached hydrogens (tertiary/aromatic N) is 2. The van der Waals surface area contributed by atoms with Crippen LogP contribution in [-0.4, -0.2) is 49.1 Å². The fraction of sp³-hybridized carbons (Fsp3) is 0.733. The average molecular weight is 360 g/mol. The number of piperidine rings is 1. The highest BCUT2D eigenvalue weighted by Crippen LogP contribution is 2.34. The molecule has 0 spiro atoms. The van der Waals surface area contributed by atoms with E-state index in [0.717, 1.165) is 25.6 Å². The smallest absolute Gasteiger partial charge is 0.0593 e. The lowest BCUT2D eigenvalue weighted by Crippen LogP contribution is -2.47. The topological polar surface area (TPSA) is 32.5 Å². The maximum absolute atomic E-state index is 6.42. The van der Waals surface area contributed by atoms with Crippen LogP contribution in [0, 0.1) is 0 Å². The van der Waals surface area contributed by atoms with E-state index in [1.165, 1.54) is 22.2 Å². The van der Waals surface area contributed by atoms with E-state index >= 15 is 0 Å². The maximum atomic E-state index is 6.42. The van der Waals surface area contributed by atoms with E-state index in [0.29, 0.717) is 6.04 Å². The van der Waals surface area contributed by atoms with Crippen LogP contribution in [0.1, 0.15) is 37.1 Å². The number of nitrogens with two attached hydrogens (primary N) is 1. The molecule has 2 rings (SSSR count). The summed E-state index contributed by atoms with van der Waals surface area (Å²) in [6.07, 6.45) is 3.51. The molecule has 2 unspecified atom stereocenters. The van der Waals surface area contributed by atoms with Crippen molar-refractivity contribution >= 4 is 27.3 Å². The van der Waals surface area contributed by atoms with Gasteiger partial charge in [0.05, 0.1) is 6.04 Å². The monoisotopic (exact) mass is 359 g/mol. The molecule has 3 nitrogen and oxygen atoms in total. The first-order chi connectivity index (χ1) is 9.52. The molecule has 0 saturated carbocycles. The van der Waals surface area contributed by atoms with Gasteiger partial charge in [0, 0.05) is 39.9 Å². The number of halogens is 1. The Kier molecular flexibility index (Phi) is 6.05. The van der Waals surface area contributed by atoms with Crippen LogP contribution in [0.4, 0.5) is 0 Å². The molecule has 0 amide bonds. The number of likely N-dealkylation sites (tertiary alicyclic amines) is 1. The first-order valence-corrected chi connectivity index (χ1v) is 9.10. The van der Waals surface area contributed by atoms with Gasteiger partial charge in [-0.25, -0.2) is 0 Å². The Bertz CT molecular complexity index is 413. The third-order valence-electron chi connectivity index (χ3n) is 4.38. The normalized spacial score (nSPS) is 21.3. The van der Waals surface area contributed by atoms with Gasteiger partial charge in [-0.2, -0.15) is 0 Å².